The van der Waals surface area contributed by atoms with Crippen LogP contribution in [0.5, 0.6) is 0 Å². The van der Waals surface area contributed by atoms with Crippen LogP contribution in [0.15, 0.2) is 21.7 Å². The zero-order valence-electron chi connectivity index (χ0n) is 9.35. The first-order valence-electron chi connectivity index (χ1n) is 5.52. The number of sulfonamides is 1. The average Bonchev–Trinajstić information content (AvgIpc) is 2.83. The molecular weight excluding hydrogens is 244 g/mol. The van der Waals surface area contributed by atoms with E-state index in [-0.39, 0.29) is 0 Å². The van der Waals surface area contributed by atoms with Gasteiger partial charge in [-0.1, -0.05) is 6.07 Å². The normalized spacial score (nSPS) is 20.1. The predicted molar refractivity (Wildman–Crippen MR) is 64.3 cm³/mol. The second-order valence-electron chi connectivity index (χ2n) is 3.94. The number of hydrogen-bond acceptors (Lipinski definition) is 3. The van der Waals surface area contributed by atoms with Crippen LogP contribution in [-0.4, -0.2) is 45.4 Å². The zero-order valence-corrected chi connectivity index (χ0v) is 11.0. The quantitative estimate of drug-likeness (QED) is 0.809. The number of quaternary nitrogens is 1. The Balaban J connectivity index is 2.09. The summed E-state index contributed by atoms with van der Waals surface area (Å²) < 4.78 is 26.4. The van der Waals surface area contributed by atoms with E-state index in [0.717, 1.165) is 19.6 Å². The average molecular weight is 261 g/mol. The van der Waals surface area contributed by atoms with Crippen LogP contribution in [0.25, 0.3) is 0 Å². The van der Waals surface area contributed by atoms with Gasteiger partial charge >= 0.3 is 0 Å². The number of thiophene rings is 1. The fraction of sp³-hybridized carbons (Fsp3) is 0.600. The fourth-order valence-electron chi connectivity index (χ4n) is 1.93. The second kappa shape index (κ2) is 4.83. The maximum Gasteiger partial charge on any atom is 0.252 e. The molecule has 0 saturated carbocycles. The highest BCUT2D eigenvalue weighted by Crippen LogP contribution is 2.20. The molecular formula is C10H17N2O2S2+. The molecule has 1 aromatic heterocycles. The molecule has 90 valence electrons. The van der Waals surface area contributed by atoms with Crippen molar-refractivity contribution in [2.24, 2.45) is 0 Å². The standard InChI is InChI=1S/C10H16N2O2S2/c1-2-11-5-7-12(8-6-11)16(13,14)10-4-3-9-15-10/h3-4,9H,2,5-8H2,1H3/p+1. The van der Waals surface area contributed by atoms with E-state index in [4.69, 9.17) is 0 Å². The smallest absolute Gasteiger partial charge is 0.252 e. The number of piperazine rings is 1. The first-order chi connectivity index (χ1) is 7.64. The minimum Gasteiger partial charge on any atom is -0.333 e. The molecule has 2 rings (SSSR count). The Kier molecular flexibility index (Phi) is 3.63. The molecule has 0 radical (unpaired) electrons. The van der Waals surface area contributed by atoms with Gasteiger partial charge in [0, 0.05) is 0 Å². The summed E-state index contributed by atoms with van der Waals surface area (Å²) in [7, 11) is -3.21. The lowest BCUT2D eigenvalue weighted by Gasteiger charge is -2.30. The van der Waals surface area contributed by atoms with Crippen LogP contribution in [0.1, 0.15) is 6.92 Å². The van der Waals surface area contributed by atoms with Gasteiger partial charge in [-0.05, 0) is 18.4 Å². The van der Waals surface area contributed by atoms with Gasteiger partial charge in [0.2, 0.25) is 0 Å². The highest BCUT2D eigenvalue weighted by atomic mass is 32.2. The monoisotopic (exact) mass is 261 g/mol. The van der Waals surface area contributed by atoms with Crippen LogP contribution in [0.2, 0.25) is 0 Å². The maximum absolute atomic E-state index is 12.2. The highest BCUT2D eigenvalue weighted by Gasteiger charge is 2.30. The molecule has 1 aliphatic heterocycles. The van der Waals surface area contributed by atoms with Crippen LogP contribution in [0, 0.1) is 0 Å². The minimum atomic E-state index is -3.21. The number of nitrogens with one attached hydrogen (secondary N) is 1. The molecule has 1 aromatic rings. The molecule has 0 atom stereocenters. The Morgan fingerprint density at radius 1 is 1.44 bits per heavy atom. The van der Waals surface area contributed by atoms with Crippen molar-refractivity contribution in [2.45, 2.75) is 11.1 Å². The van der Waals surface area contributed by atoms with Crippen molar-refractivity contribution >= 4 is 21.4 Å². The molecule has 1 N–H and O–H groups in total. The van der Waals surface area contributed by atoms with Crippen LogP contribution < -0.4 is 4.90 Å². The van der Waals surface area contributed by atoms with Crippen molar-refractivity contribution in [3.05, 3.63) is 17.5 Å². The Morgan fingerprint density at radius 2 is 2.12 bits per heavy atom. The van der Waals surface area contributed by atoms with Crippen molar-refractivity contribution in [1.82, 2.24) is 4.31 Å². The molecule has 0 unspecified atom stereocenters. The summed E-state index contributed by atoms with van der Waals surface area (Å²) in [6.07, 6.45) is 0. The van der Waals surface area contributed by atoms with E-state index in [9.17, 15) is 8.42 Å². The van der Waals surface area contributed by atoms with E-state index in [2.05, 4.69) is 6.92 Å². The summed E-state index contributed by atoms with van der Waals surface area (Å²) >= 11 is 1.29. The number of likely N-dealkylation sites (N-methyl/N-ethyl adjacent to an activating group) is 1. The lowest BCUT2D eigenvalue weighted by Crippen LogP contribution is -3.14. The highest BCUT2D eigenvalue weighted by molar-refractivity contribution is 7.91. The van der Waals surface area contributed by atoms with Gasteiger partial charge in [0.05, 0.1) is 32.7 Å². The van der Waals surface area contributed by atoms with Gasteiger partial charge in [0.1, 0.15) is 4.21 Å². The third kappa shape index (κ3) is 2.29. The SMILES string of the molecule is CC[NH+]1CCN(S(=O)(=O)c2cccs2)CC1. The van der Waals surface area contributed by atoms with E-state index in [0.29, 0.717) is 17.3 Å². The lowest BCUT2D eigenvalue weighted by atomic mass is 10.4. The second-order valence-corrected chi connectivity index (χ2v) is 7.05. The van der Waals surface area contributed by atoms with Crippen LogP contribution in [0.4, 0.5) is 0 Å². The van der Waals surface area contributed by atoms with E-state index >= 15 is 0 Å². The Bertz CT molecular complexity index is 420. The van der Waals surface area contributed by atoms with Crippen molar-refractivity contribution in [2.75, 3.05) is 32.7 Å². The summed E-state index contributed by atoms with van der Waals surface area (Å²) in [6.45, 7) is 6.33. The van der Waals surface area contributed by atoms with E-state index in [1.807, 2.05) is 0 Å². The molecule has 0 amide bonds. The molecule has 2 heterocycles. The summed E-state index contributed by atoms with van der Waals surface area (Å²) in [4.78, 5) is 1.48. The van der Waals surface area contributed by atoms with Gasteiger partial charge in [0.25, 0.3) is 10.0 Å². The lowest BCUT2D eigenvalue weighted by molar-refractivity contribution is -0.901. The van der Waals surface area contributed by atoms with Gasteiger partial charge in [-0.15, -0.1) is 11.3 Å². The summed E-state index contributed by atoms with van der Waals surface area (Å²) in [6, 6.07) is 3.46. The van der Waals surface area contributed by atoms with Gasteiger partial charge < -0.3 is 4.90 Å². The molecule has 0 bridgehead atoms. The van der Waals surface area contributed by atoms with Crippen molar-refractivity contribution in [3.8, 4) is 0 Å². The summed E-state index contributed by atoms with van der Waals surface area (Å²) in [5, 5.41) is 1.81. The Labute approximate surface area is 101 Å². The third-order valence-electron chi connectivity index (χ3n) is 3.02. The molecule has 1 saturated heterocycles. The number of hydrogen-bond donors (Lipinski definition) is 1. The van der Waals surface area contributed by atoms with E-state index in [1.54, 1.807) is 21.8 Å². The van der Waals surface area contributed by atoms with Crippen molar-refractivity contribution in [3.63, 3.8) is 0 Å². The van der Waals surface area contributed by atoms with Gasteiger partial charge in [-0.2, -0.15) is 4.31 Å². The third-order valence-corrected chi connectivity index (χ3v) is 6.29. The minimum absolute atomic E-state index is 0.465. The van der Waals surface area contributed by atoms with Crippen LogP contribution in [-0.2, 0) is 10.0 Å². The van der Waals surface area contributed by atoms with Crippen LogP contribution in [0.3, 0.4) is 0 Å². The Hall–Kier alpha value is -0.430. The van der Waals surface area contributed by atoms with E-state index < -0.39 is 10.0 Å². The molecule has 0 aromatic carbocycles. The first-order valence-corrected chi connectivity index (χ1v) is 7.84. The molecule has 16 heavy (non-hydrogen) atoms. The van der Waals surface area contributed by atoms with Crippen molar-refractivity contribution < 1.29 is 13.3 Å². The fourth-order valence-corrected chi connectivity index (χ4v) is 4.52. The molecule has 1 aliphatic rings. The summed E-state index contributed by atoms with van der Waals surface area (Å²) in [5.41, 5.74) is 0. The van der Waals surface area contributed by atoms with Gasteiger partial charge in [-0.3, -0.25) is 0 Å². The molecule has 6 heteroatoms. The van der Waals surface area contributed by atoms with Gasteiger partial charge in [-0.25, -0.2) is 8.42 Å². The Morgan fingerprint density at radius 3 is 2.62 bits per heavy atom. The predicted octanol–water partition coefficient (Wildman–Crippen LogP) is -0.343. The maximum atomic E-state index is 12.2. The largest absolute Gasteiger partial charge is 0.333 e. The zero-order chi connectivity index (χ0) is 11.6. The molecule has 4 nitrogen and oxygen atoms in total. The first kappa shape index (κ1) is 12.0. The molecule has 0 spiro atoms. The number of rotatable bonds is 3. The molecule has 0 aliphatic carbocycles. The topological polar surface area (TPSA) is 41.8 Å². The van der Waals surface area contributed by atoms with Crippen molar-refractivity contribution in [1.29, 1.82) is 0 Å². The molecule has 1 fully saturated rings. The van der Waals surface area contributed by atoms with Gasteiger partial charge in [0.15, 0.2) is 0 Å². The van der Waals surface area contributed by atoms with E-state index in [1.165, 1.54) is 16.2 Å². The number of nitrogens with zero attached hydrogens (tertiary/aromatic N) is 1. The summed E-state index contributed by atoms with van der Waals surface area (Å²) in [5.74, 6) is 0. The van der Waals surface area contributed by atoms with Crippen LogP contribution >= 0.6 is 11.3 Å².